The molecule has 0 bridgehead atoms. The van der Waals surface area contributed by atoms with E-state index in [0.717, 1.165) is 0 Å². The second kappa shape index (κ2) is 1.22. The number of aliphatic hydroxyl groups excluding tert-OH is 1. The van der Waals surface area contributed by atoms with Crippen molar-refractivity contribution in [3.05, 3.63) is 0 Å². The molecular weight excluding hydrogens is 82.0 g/mol. The van der Waals surface area contributed by atoms with Crippen LogP contribution in [0, 0.1) is 0 Å². The van der Waals surface area contributed by atoms with Crippen LogP contribution >= 0.6 is 0 Å². The molecule has 1 heterocycles. The van der Waals surface area contributed by atoms with Gasteiger partial charge in [0.15, 0.2) is 6.23 Å². The maximum Gasteiger partial charge on any atom is 0.189 e. The molecule has 0 fully saturated rings. The van der Waals surface area contributed by atoms with E-state index in [1.807, 2.05) is 0 Å². The van der Waals surface area contributed by atoms with Crippen LogP contribution < -0.4 is 5.43 Å². The van der Waals surface area contributed by atoms with Gasteiger partial charge in [-0.3, -0.25) is 0 Å². The van der Waals surface area contributed by atoms with E-state index in [1.165, 1.54) is 0 Å². The molecule has 1 N–H and O–H groups in total. The molecule has 0 aromatic carbocycles. The highest BCUT2D eigenvalue weighted by atomic mass is 16.3. The molecule has 1 unspecified atom stereocenters. The van der Waals surface area contributed by atoms with E-state index in [9.17, 15) is 0 Å². The van der Waals surface area contributed by atoms with Crippen molar-refractivity contribution in [3.8, 4) is 0 Å². The Balaban J connectivity index is 2.38. The molecule has 0 saturated carbocycles. The minimum Gasteiger partial charge on any atom is -0.369 e. The number of hydrogen-bond donors (Lipinski definition) is 1. The Labute approximate surface area is 34.9 Å². The summed E-state index contributed by atoms with van der Waals surface area (Å²) in [6.45, 7) is 0.333. The zero-order valence-electron chi connectivity index (χ0n) is 3.07. The molecule has 0 aliphatic carbocycles. The molecule has 4 nitrogen and oxygen atoms in total. The summed E-state index contributed by atoms with van der Waals surface area (Å²) >= 11 is 0. The Bertz CT molecular complexity index is 71.2. The van der Waals surface area contributed by atoms with E-state index in [4.69, 9.17) is 5.11 Å². The van der Waals surface area contributed by atoms with Gasteiger partial charge in [0.25, 0.3) is 0 Å². The molecule has 0 aromatic rings. The van der Waals surface area contributed by atoms with Crippen molar-refractivity contribution in [3.63, 3.8) is 0 Å². The molecule has 1 radical (unpaired) electrons. The first kappa shape index (κ1) is 3.55. The fraction of sp³-hybridized carbons (Fsp3) is 1.00. The van der Waals surface area contributed by atoms with Crippen LogP contribution in [0.1, 0.15) is 0 Å². The van der Waals surface area contributed by atoms with E-state index in [2.05, 4.69) is 15.8 Å². The van der Waals surface area contributed by atoms with Gasteiger partial charge in [0.1, 0.15) is 6.54 Å². The van der Waals surface area contributed by atoms with Crippen LogP contribution in [-0.4, -0.2) is 17.9 Å². The Kier molecular flexibility index (Phi) is 0.719. The largest absolute Gasteiger partial charge is 0.369 e. The number of aliphatic hydroxyl groups is 1. The van der Waals surface area contributed by atoms with Gasteiger partial charge in [-0.15, -0.1) is 5.11 Å². The lowest BCUT2D eigenvalue weighted by molar-refractivity contribution is 0.197. The fourth-order valence-electron chi connectivity index (χ4n) is 0.242. The number of nitrogens with zero attached hydrogens (tertiary/aromatic N) is 3. The van der Waals surface area contributed by atoms with E-state index in [0.29, 0.717) is 6.54 Å². The first-order valence-electron chi connectivity index (χ1n) is 1.64. The Morgan fingerprint density at radius 2 is 2.50 bits per heavy atom. The van der Waals surface area contributed by atoms with Crippen molar-refractivity contribution >= 4 is 0 Å². The first-order chi connectivity index (χ1) is 2.89. The van der Waals surface area contributed by atoms with Crippen molar-refractivity contribution in [1.82, 2.24) is 5.43 Å². The highest BCUT2D eigenvalue weighted by Gasteiger charge is 2.05. The quantitative estimate of drug-likeness (QED) is 0.416. The lowest BCUT2D eigenvalue weighted by Gasteiger charge is -1.83. The van der Waals surface area contributed by atoms with Gasteiger partial charge in [-0.25, -0.2) is 0 Å². The monoisotopic (exact) mass is 86.0 g/mol. The molecule has 33 valence electrons. The molecule has 1 aliphatic rings. The molecule has 0 aromatic heterocycles. The van der Waals surface area contributed by atoms with Crippen LogP contribution in [0.5, 0.6) is 0 Å². The molecule has 0 amide bonds. The van der Waals surface area contributed by atoms with Crippen LogP contribution in [-0.2, 0) is 0 Å². The number of hydrogen-bond acceptors (Lipinski definition) is 3. The summed E-state index contributed by atoms with van der Waals surface area (Å²) in [6, 6.07) is 0. The van der Waals surface area contributed by atoms with Gasteiger partial charge in [-0.2, -0.15) is 5.43 Å². The molecule has 4 heteroatoms. The average molecular weight is 86.1 g/mol. The highest BCUT2D eigenvalue weighted by Crippen LogP contribution is 1.91. The minimum atomic E-state index is -0.662. The van der Waals surface area contributed by atoms with E-state index < -0.39 is 6.23 Å². The normalized spacial score (nSPS) is 30.5. The lowest BCUT2D eigenvalue weighted by Crippen LogP contribution is -2.06. The molecular formula is C2H4N3O. The predicted octanol–water partition coefficient (Wildman–Crippen LogP) is -0.710. The maximum absolute atomic E-state index is 8.38. The van der Waals surface area contributed by atoms with Crippen LogP contribution in [0.2, 0.25) is 0 Å². The average Bonchev–Trinajstić information content (AvgIpc) is 1.86. The SMILES string of the molecule is OC1C[N]N=N1. The second-order valence-corrected chi connectivity index (χ2v) is 1.01. The minimum absolute atomic E-state index is 0.333. The van der Waals surface area contributed by atoms with Crippen molar-refractivity contribution in [2.75, 3.05) is 6.54 Å². The van der Waals surface area contributed by atoms with Gasteiger partial charge >= 0.3 is 0 Å². The van der Waals surface area contributed by atoms with Gasteiger partial charge in [0, 0.05) is 0 Å². The highest BCUT2D eigenvalue weighted by molar-refractivity contribution is 4.53. The topological polar surface area (TPSA) is 59.0 Å². The Hall–Kier alpha value is -0.640. The molecule has 1 atom stereocenters. The van der Waals surface area contributed by atoms with Crippen LogP contribution in [0.25, 0.3) is 0 Å². The fourth-order valence-corrected chi connectivity index (χ4v) is 0.242. The summed E-state index contributed by atoms with van der Waals surface area (Å²) in [5.74, 6) is 0. The summed E-state index contributed by atoms with van der Waals surface area (Å²) in [4.78, 5) is 0. The summed E-state index contributed by atoms with van der Waals surface area (Å²) in [6.07, 6.45) is -0.662. The maximum atomic E-state index is 8.38. The summed E-state index contributed by atoms with van der Waals surface area (Å²) in [5, 5.41) is 14.8. The zero-order chi connectivity index (χ0) is 4.41. The zero-order valence-corrected chi connectivity index (χ0v) is 3.07. The van der Waals surface area contributed by atoms with Gasteiger partial charge in [0.05, 0.1) is 0 Å². The Morgan fingerprint density at radius 1 is 1.67 bits per heavy atom. The molecule has 6 heavy (non-hydrogen) atoms. The van der Waals surface area contributed by atoms with Crippen molar-refractivity contribution in [2.45, 2.75) is 6.23 Å². The van der Waals surface area contributed by atoms with E-state index in [1.54, 1.807) is 0 Å². The van der Waals surface area contributed by atoms with E-state index >= 15 is 0 Å². The third-order valence-corrected chi connectivity index (χ3v) is 0.493. The standard InChI is InChI=1S/C2H4N3O/c6-2-1-3-5-4-2/h2,6H,1H2. The summed E-state index contributed by atoms with van der Waals surface area (Å²) < 4.78 is 0. The van der Waals surface area contributed by atoms with Crippen LogP contribution in [0.4, 0.5) is 0 Å². The van der Waals surface area contributed by atoms with Crippen molar-refractivity contribution < 1.29 is 5.11 Å². The van der Waals surface area contributed by atoms with Crippen molar-refractivity contribution in [2.24, 2.45) is 10.3 Å². The van der Waals surface area contributed by atoms with Crippen molar-refractivity contribution in [1.29, 1.82) is 0 Å². The third kappa shape index (κ3) is 0.463. The smallest absolute Gasteiger partial charge is 0.189 e. The second-order valence-electron chi connectivity index (χ2n) is 1.01. The van der Waals surface area contributed by atoms with Crippen LogP contribution in [0.15, 0.2) is 10.3 Å². The molecule has 0 saturated heterocycles. The molecule has 1 aliphatic heterocycles. The molecule has 1 rings (SSSR count). The molecule has 0 spiro atoms. The van der Waals surface area contributed by atoms with Gasteiger partial charge in [0.2, 0.25) is 0 Å². The third-order valence-electron chi connectivity index (χ3n) is 0.493. The first-order valence-corrected chi connectivity index (χ1v) is 1.64. The van der Waals surface area contributed by atoms with Gasteiger partial charge in [-0.1, -0.05) is 5.22 Å². The van der Waals surface area contributed by atoms with Crippen LogP contribution in [0.3, 0.4) is 0 Å². The number of rotatable bonds is 0. The van der Waals surface area contributed by atoms with Gasteiger partial charge in [-0.05, 0) is 0 Å². The predicted molar refractivity (Wildman–Crippen MR) is 17.9 cm³/mol. The van der Waals surface area contributed by atoms with E-state index in [-0.39, 0.29) is 0 Å². The lowest BCUT2D eigenvalue weighted by atomic mass is 10.6. The van der Waals surface area contributed by atoms with Gasteiger partial charge < -0.3 is 5.11 Å². The summed E-state index contributed by atoms with van der Waals surface area (Å²) in [5.41, 5.74) is 3.37. The Morgan fingerprint density at radius 3 is 2.67 bits per heavy atom. The summed E-state index contributed by atoms with van der Waals surface area (Å²) in [7, 11) is 0.